The Morgan fingerprint density at radius 3 is 1.12 bits per heavy atom. The van der Waals surface area contributed by atoms with Crippen LogP contribution >= 0.6 is 0 Å². The van der Waals surface area contributed by atoms with E-state index < -0.39 is 0 Å². The second-order valence-electron chi connectivity index (χ2n) is 19.3. The van der Waals surface area contributed by atoms with E-state index in [4.69, 9.17) is 0 Å². The minimum Gasteiger partial charge on any atom is -0.309 e. The predicted octanol–water partition coefficient (Wildman–Crippen LogP) is 16.5. The number of para-hydroxylation sites is 2. The van der Waals surface area contributed by atoms with Gasteiger partial charge in [-0.1, -0.05) is 149 Å². The molecule has 2 heteroatoms. The number of aromatic nitrogens is 2. The van der Waals surface area contributed by atoms with E-state index in [9.17, 15) is 0 Å². The molecule has 0 saturated heterocycles. The largest absolute Gasteiger partial charge is 0.309 e. The van der Waals surface area contributed by atoms with Gasteiger partial charge in [0, 0.05) is 43.7 Å². The Morgan fingerprint density at radius 1 is 0.297 bits per heavy atom. The van der Waals surface area contributed by atoms with Crippen LogP contribution in [0.3, 0.4) is 0 Å². The summed E-state index contributed by atoms with van der Waals surface area (Å²) in [4.78, 5) is 0. The predicted molar refractivity (Wildman–Crippen MR) is 271 cm³/mol. The zero-order chi connectivity index (χ0) is 42.6. The average molecular weight is 817 g/mol. The number of benzene rings is 10. The first-order valence-electron chi connectivity index (χ1n) is 22.7. The smallest absolute Gasteiger partial charge is 0.0547 e. The molecular formula is C62H44N2. The van der Waals surface area contributed by atoms with E-state index in [0.29, 0.717) is 0 Å². The summed E-state index contributed by atoms with van der Waals surface area (Å²) in [6.45, 7) is 9.48. The molecule has 2 aromatic heterocycles. The maximum absolute atomic E-state index is 2.47. The molecule has 0 N–H and O–H groups in total. The van der Waals surface area contributed by atoms with Gasteiger partial charge in [-0.2, -0.15) is 0 Å². The minimum atomic E-state index is -0.0544. The van der Waals surface area contributed by atoms with Crippen LogP contribution in [-0.4, -0.2) is 9.13 Å². The van der Waals surface area contributed by atoms with Crippen molar-refractivity contribution in [1.82, 2.24) is 9.13 Å². The van der Waals surface area contributed by atoms with Crippen LogP contribution in [0.1, 0.15) is 49.9 Å². The lowest BCUT2D eigenvalue weighted by Crippen LogP contribution is -2.14. The second kappa shape index (κ2) is 12.5. The molecule has 14 rings (SSSR count). The fourth-order valence-electron chi connectivity index (χ4n) is 12.2. The standard InChI is InChI=1S/C62H44N2/c1-61(2)51-21-13-11-19-43(51)59-45-35-57-49(33-39(45)23-27-53(59)61)47-31-37(25-29-55(47)63(57)41-15-7-5-8-16-41)38-26-30-56-48(32-38)50-34-40-24-28-54-60(44-20-12-14-22-52(44)62(54,3)4)46(40)36-58(50)64(56)42-17-9-6-10-18-42/h5-36H,1-4H3. The monoisotopic (exact) mass is 816 g/mol. The van der Waals surface area contributed by atoms with Crippen molar-refractivity contribution in [2.75, 3.05) is 0 Å². The lowest BCUT2D eigenvalue weighted by atomic mass is 9.82. The van der Waals surface area contributed by atoms with E-state index in [1.807, 2.05) is 0 Å². The zero-order valence-corrected chi connectivity index (χ0v) is 36.4. The number of hydrogen-bond donors (Lipinski definition) is 0. The summed E-state index contributed by atoms with van der Waals surface area (Å²) in [5.74, 6) is 0. The molecular weight excluding hydrogens is 773 g/mol. The van der Waals surface area contributed by atoms with Gasteiger partial charge < -0.3 is 9.13 Å². The van der Waals surface area contributed by atoms with Crippen LogP contribution in [0.2, 0.25) is 0 Å². The molecule has 64 heavy (non-hydrogen) atoms. The Balaban J connectivity index is 1.01. The molecule has 2 aliphatic carbocycles. The van der Waals surface area contributed by atoms with Crippen molar-refractivity contribution in [2.45, 2.75) is 38.5 Å². The van der Waals surface area contributed by atoms with Crippen molar-refractivity contribution in [1.29, 1.82) is 0 Å². The lowest BCUT2D eigenvalue weighted by Gasteiger charge is -2.21. The number of fused-ring (bicyclic) bond motifs is 16. The highest BCUT2D eigenvalue weighted by molar-refractivity contribution is 6.19. The maximum Gasteiger partial charge on any atom is 0.0547 e. The Morgan fingerprint density at radius 2 is 0.688 bits per heavy atom. The summed E-state index contributed by atoms with van der Waals surface area (Å²) in [7, 11) is 0. The average Bonchev–Trinajstić information content (AvgIpc) is 3.98. The zero-order valence-electron chi connectivity index (χ0n) is 36.4. The third-order valence-corrected chi connectivity index (χ3v) is 15.3. The molecule has 12 aromatic rings. The van der Waals surface area contributed by atoms with Crippen LogP contribution in [-0.2, 0) is 10.8 Å². The molecule has 0 aliphatic heterocycles. The third-order valence-electron chi connectivity index (χ3n) is 15.3. The normalized spacial score (nSPS) is 14.5. The summed E-state index contributed by atoms with van der Waals surface area (Å²) < 4.78 is 4.94. The molecule has 0 bridgehead atoms. The SMILES string of the molecule is CC1(C)c2ccccc2-c2c1ccc1cc3c4cc(-c5ccc6c(c5)c5cc7ccc8c(c7cc5n6-c5ccccc5)-c5ccccc5C8(C)C)ccc4n(-c4ccccc4)c3cc21. The van der Waals surface area contributed by atoms with Crippen molar-refractivity contribution in [3.05, 3.63) is 216 Å². The highest BCUT2D eigenvalue weighted by Gasteiger charge is 2.37. The molecule has 2 heterocycles. The van der Waals surface area contributed by atoms with Crippen LogP contribution in [0.4, 0.5) is 0 Å². The summed E-state index contributed by atoms with van der Waals surface area (Å²) in [6.07, 6.45) is 0. The van der Waals surface area contributed by atoms with E-state index >= 15 is 0 Å². The molecule has 302 valence electrons. The minimum absolute atomic E-state index is 0.0544. The van der Waals surface area contributed by atoms with Gasteiger partial charge in [-0.15, -0.1) is 0 Å². The lowest BCUT2D eigenvalue weighted by molar-refractivity contribution is 0.660. The molecule has 0 spiro atoms. The third kappa shape index (κ3) is 4.65. The van der Waals surface area contributed by atoms with Crippen LogP contribution in [0.15, 0.2) is 194 Å². The molecule has 0 amide bonds. The second-order valence-corrected chi connectivity index (χ2v) is 19.3. The van der Waals surface area contributed by atoms with E-state index in [0.717, 1.165) is 0 Å². The number of nitrogens with zero attached hydrogens (tertiary/aromatic N) is 2. The van der Waals surface area contributed by atoms with E-state index in [-0.39, 0.29) is 10.8 Å². The van der Waals surface area contributed by atoms with Crippen LogP contribution in [0.5, 0.6) is 0 Å². The van der Waals surface area contributed by atoms with E-state index in [2.05, 4.69) is 231 Å². The molecule has 2 nitrogen and oxygen atoms in total. The van der Waals surface area contributed by atoms with Crippen molar-refractivity contribution in [3.63, 3.8) is 0 Å². The van der Waals surface area contributed by atoms with Gasteiger partial charge in [0.25, 0.3) is 0 Å². The van der Waals surface area contributed by atoms with Gasteiger partial charge in [-0.3, -0.25) is 0 Å². The highest BCUT2D eigenvalue weighted by atomic mass is 15.0. The quantitative estimate of drug-likeness (QED) is 0.168. The van der Waals surface area contributed by atoms with Crippen molar-refractivity contribution < 1.29 is 0 Å². The number of hydrogen-bond acceptors (Lipinski definition) is 0. The summed E-state index contributed by atoms with van der Waals surface area (Å²) in [5, 5.41) is 10.2. The van der Waals surface area contributed by atoms with Crippen LogP contribution in [0.25, 0.3) is 110 Å². The molecule has 0 radical (unpaired) electrons. The summed E-state index contributed by atoms with van der Waals surface area (Å²) >= 11 is 0. The fourth-order valence-corrected chi connectivity index (χ4v) is 12.2. The Labute approximate surface area is 372 Å². The fraction of sp³-hybridized carbons (Fsp3) is 0.0968. The van der Waals surface area contributed by atoms with Gasteiger partial charge >= 0.3 is 0 Å². The summed E-state index contributed by atoms with van der Waals surface area (Å²) in [5.41, 5.74) is 20.6. The Bertz CT molecular complexity index is 3730. The number of rotatable bonds is 3. The van der Waals surface area contributed by atoms with Crippen molar-refractivity contribution in [3.8, 4) is 44.8 Å². The molecule has 0 unspecified atom stereocenters. The molecule has 0 saturated carbocycles. The molecule has 10 aromatic carbocycles. The van der Waals surface area contributed by atoms with Gasteiger partial charge in [0.05, 0.1) is 22.1 Å². The van der Waals surface area contributed by atoms with Crippen molar-refractivity contribution in [2.24, 2.45) is 0 Å². The van der Waals surface area contributed by atoms with Crippen LogP contribution < -0.4 is 0 Å². The Hall–Kier alpha value is -7.68. The first kappa shape index (κ1) is 35.9. The first-order chi connectivity index (χ1) is 31.3. The first-order valence-corrected chi connectivity index (χ1v) is 22.7. The van der Waals surface area contributed by atoms with Crippen LogP contribution in [0, 0.1) is 0 Å². The molecule has 0 atom stereocenters. The van der Waals surface area contributed by atoms with Gasteiger partial charge in [-0.25, -0.2) is 0 Å². The molecule has 0 fully saturated rings. The Kier molecular flexibility index (Phi) is 7.00. The summed E-state index contributed by atoms with van der Waals surface area (Å²) in [6, 6.07) is 73.2. The van der Waals surface area contributed by atoms with Gasteiger partial charge in [0.2, 0.25) is 0 Å². The topological polar surface area (TPSA) is 9.86 Å². The van der Waals surface area contributed by atoms with E-state index in [1.54, 1.807) is 0 Å². The van der Waals surface area contributed by atoms with Crippen molar-refractivity contribution >= 4 is 65.2 Å². The van der Waals surface area contributed by atoms with Gasteiger partial charge in [0.1, 0.15) is 0 Å². The van der Waals surface area contributed by atoms with Gasteiger partial charge in [-0.05, 0) is 150 Å². The van der Waals surface area contributed by atoms with E-state index in [1.165, 1.54) is 132 Å². The maximum atomic E-state index is 2.47. The van der Waals surface area contributed by atoms with Gasteiger partial charge in [0.15, 0.2) is 0 Å². The molecule has 2 aliphatic rings. The highest BCUT2D eigenvalue weighted by Crippen LogP contribution is 2.54.